The number of tetrazole rings is 1. The number of hydrogen-bond donors (Lipinski definition) is 0. The van der Waals surface area contributed by atoms with Gasteiger partial charge in [-0.05, 0) is 67.3 Å². The van der Waals surface area contributed by atoms with Gasteiger partial charge in [0, 0.05) is 18.7 Å². The van der Waals surface area contributed by atoms with Gasteiger partial charge in [-0.25, -0.2) is 9.07 Å². The van der Waals surface area contributed by atoms with Gasteiger partial charge in [0.15, 0.2) is 5.82 Å². The Balaban J connectivity index is 1.83. The molecular formula is C22H26FN5. The molecule has 0 saturated heterocycles. The average molecular weight is 379 g/mol. The van der Waals surface area contributed by atoms with Crippen molar-refractivity contribution >= 4 is 0 Å². The Morgan fingerprint density at radius 3 is 2.54 bits per heavy atom. The molecule has 2 heterocycles. The lowest BCUT2D eigenvalue weighted by Crippen LogP contribution is -2.38. The molecule has 0 spiro atoms. The molecule has 1 aliphatic rings. The first-order valence-electron chi connectivity index (χ1n) is 9.70. The predicted octanol–water partition coefficient (Wildman–Crippen LogP) is 4.02. The van der Waals surface area contributed by atoms with E-state index in [0.29, 0.717) is 11.4 Å². The van der Waals surface area contributed by atoms with E-state index in [4.69, 9.17) is 0 Å². The Morgan fingerprint density at radius 1 is 1.07 bits per heavy atom. The van der Waals surface area contributed by atoms with Gasteiger partial charge in [0.1, 0.15) is 11.9 Å². The zero-order valence-electron chi connectivity index (χ0n) is 16.9. The van der Waals surface area contributed by atoms with Crippen molar-refractivity contribution in [2.24, 2.45) is 0 Å². The molecule has 4 rings (SSSR count). The third-order valence-electron chi connectivity index (χ3n) is 5.35. The molecule has 0 bridgehead atoms. The van der Waals surface area contributed by atoms with E-state index in [-0.39, 0.29) is 17.4 Å². The maximum Gasteiger partial charge on any atom is 0.173 e. The fourth-order valence-corrected chi connectivity index (χ4v) is 3.93. The van der Waals surface area contributed by atoms with Crippen molar-refractivity contribution in [2.45, 2.75) is 52.2 Å². The van der Waals surface area contributed by atoms with Gasteiger partial charge in [0.25, 0.3) is 0 Å². The van der Waals surface area contributed by atoms with Crippen LogP contribution in [0.4, 0.5) is 4.39 Å². The predicted molar refractivity (Wildman–Crippen MR) is 106 cm³/mol. The largest absolute Gasteiger partial charge is 0.285 e. The highest BCUT2D eigenvalue weighted by molar-refractivity contribution is 5.33. The zero-order valence-corrected chi connectivity index (χ0v) is 16.9. The first-order valence-corrected chi connectivity index (χ1v) is 9.70. The number of hydrogen-bond acceptors (Lipinski definition) is 4. The third kappa shape index (κ3) is 3.44. The quantitative estimate of drug-likeness (QED) is 0.689. The Bertz CT molecular complexity index is 989. The van der Waals surface area contributed by atoms with Gasteiger partial charge in [-0.2, -0.15) is 0 Å². The third-order valence-corrected chi connectivity index (χ3v) is 5.35. The second kappa shape index (κ2) is 7.09. The fourth-order valence-electron chi connectivity index (χ4n) is 3.93. The molecule has 3 aromatic rings. The highest BCUT2D eigenvalue weighted by atomic mass is 19.1. The number of aryl methyl sites for hydroxylation is 1. The summed E-state index contributed by atoms with van der Waals surface area (Å²) in [7, 11) is 0. The van der Waals surface area contributed by atoms with Crippen LogP contribution >= 0.6 is 0 Å². The van der Waals surface area contributed by atoms with Gasteiger partial charge < -0.3 is 0 Å². The van der Waals surface area contributed by atoms with E-state index in [1.807, 2.05) is 23.7 Å². The van der Waals surface area contributed by atoms with Crippen LogP contribution in [-0.4, -0.2) is 31.7 Å². The van der Waals surface area contributed by atoms with E-state index >= 15 is 4.39 Å². The van der Waals surface area contributed by atoms with E-state index in [9.17, 15) is 0 Å². The minimum Gasteiger partial charge on any atom is -0.285 e. The SMILES string of the molecule is Cc1ccc(C(c2nnnn2C(C)(C)C)N2CCc3ccccc3C2)c(F)c1. The van der Waals surface area contributed by atoms with E-state index in [0.717, 1.165) is 25.1 Å². The van der Waals surface area contributed by atoms with Crippen LogP contribution in [0.1, 0.15) is 54.9 Å². The minimum atomic E-state index is -0.344. The number of nitrogens with zero attached hydrogens (tertiary/aromatic N) is 5. The monoisotopic (exact) mass is 379 g/mol. The molecular weight excluding hydrogens is 353 g/mol. The van der Waals surface area contributed by atoms with Crippen molar-refractivity contribution in [2.75, 3.05) is 6.54 Å². The molecule has 1 unspecified atom stereocenters. The molecule has 2 aromatic carbocycles. The molecule has 0 amide bonds. The van der Waals surface area contributed by atoms with Crippen LogP contribution in [-0.2, 0) is 18.5 Å². The molecule has 6 heteroatoms. The maximum absolute atomic E-state index is 15.1. The van der Waals surface area contributed by atoms with Gasteiger partial charge in [0.2, 0.25) is 0 Å². The summed E-state index contributed by atoms with van der Waals surface area (Å²) >= 11 is 0. The molecule has 0 radical (unpaired) electrons. The second-order valence-corrected chi connectivity index (χ2v) is 8.54. The topological polar surface area (TPSA) is 46.8 Å². The number of rotatable bonds is 3. The average Bonchev–Trinajstić information content (AvgIpc) is 3.13. The van der Waals surface area contributed by atoms with Crippen LogP contribution in [0.15, 0.2) is 42.5 Å². The van der Waals surface area contributed by atoms with Crippen LogP contribution in [0.2, 0.25) is 0 Å². The first-order chi connectivity index (χ1) is 13.3. The normalized spacial score (nSPS) is 16.0. The maximum atomic E-state index is 15.1. The van der Waals surface area contributed by atoms with Gasteiger partial charge >= 0.3 is 0 Å². The van der Waals surface area contributed by atoms with Crippen molar-refractivity contribution in [1.82, 2.24) is 25.1 Å². The smallest absolute Gasteiger partial charge is 0.173 e. The van der Waals surface area contributed by atoms with Crippen molar-refractivity contribution in [1.29, 1.82) is 0 Å². The van der Waals surface area contributed by atoms with Crippen molar-refractivity contribution in [3.63, 3.8) is 0 Å². The van der Waals surface area contributed by atoms with Gasteiger partial charge in [-0.15, -0.1) is 5.10 Å². The van der Waals surface area contributed by atoms with E-state index in [1.165, 1.54) is 11.1 Å². The summed E-state index contributed by atoms with van der Waals surface area (Å²) in [6.07, 6.45) is 0.928. The highest BCUT2D eigenvalue weighted by Gasteiger charge is 2.34. The molecule has 1 aliphatic heterocycles. The van der Waals surface area contributed by atoms with E-state index in [2.05, 4.69) is 65.5 Å². The number of aromatic nitrogens is 4. The summed E-state index contributed by atoms with van der Waals surface area (Å²) in [5.41, 5.74) is 3.86. The van der Waals surface area contributed by atoms with Crippen LogP contribution in [0, 0.1) is 12.7 Å². The fraction of sp³-hybridized carbons (Fsp3) is 0.409. The minimum absolute atomic E-state index is 0.215. The van der Waals surface area contributed by atoms with Crippen LogP contribution in [0.3, 0.4) is 0 Å². The molecule has 146 valence electrons. The van der Waals surface area contributed by atoms with Crippen molar-refractivity contribution in [3.05, 3.63) is 76.4 Å². The van der Waals surface area contributed by atoms with Crippen LogP contribution < -0.4 is 0 Å². The van der Waals surface area contributed by atoms with Crippen molar-refractivity contribution < 1.29 is 4.39 Å². The molecule has 1 atom stereocenters. The number of benzene rings is 2. The number of halogens is 1. The number of fused-ring (bicyclic) bond motifs is 1. The Morgan fingerprint density at radius 2 is 1.82 bits per heavy atom. The molecule has 1 aromatic heterocycles. The molecule has 5 nitrogen and oxygen atoms in total. The summed E-state index contributed by atoms with van der Waals surface area (Å²) < 4.78 is 16.9. The van der Waals surface area contributed by atoms with Crippen LogP contribution in [0.5, 0.6) is 0 Å². The van der Waals surface area contributed by atoms with E-state index < -0.39 is 0 Å². The van der Waals surface area contributed by atoms with Crippen LogP contribution in [0.25, 0.3) is 0 Å². The summed E-state index contributed by atoms with van der Waals surface area (Å²) in [4.78, 5) is 2.28. The standard InChI is InChI=1S/C22H26FN5/c1-15-9-10-18(19(23)13-15)20(21-24-25-26-28(21)22(2,3)4)27-12-11-16-7-5-6-8-17(16)14-27/h5-10,13,20H,11-12,14H2,1-4H3. The zero-order chi connectivity index (χ0) is 19.9. The summed E-state index contributed by atoms with van der Waals surface area (Å²) in [6.45, 7) is 9.64. The second-order valence-electron chi connectivity index (χ2n) is 8.54. The lowest BCUT2D eigenvalue weighted by atomic mass is 9.95. The molecule has 0 fully saturated rings. The van der Waals surface area contributed by atoms with Gasteiger partial charge in [-0.3, -0.25) is 4.90 Å². The molecule has 0 N–H and O–H groups in total. The van der Waals surface area contributed by atoms with Gasteiger partial charge in [0.05, 0.1) is 5.54 Å². The lowest BCUT2D eigenvalue weighted by Gasteiger charge is -2.36. The van der Waals surface area contributed by atoms with Gasteiger partial charge in [-0.1, -0.05) is 36.4 Å². The first kappa shape index (κ1) is 18.7. The van der Waals surface area contributed by atoms with Crippen molar-refractivity contribution in [3.8, 4) is 0 Å². The molecule has 0 saturated carbocycles. The Hall–Kier alpha value is -2.60. The molecule has 0 aliphatic carbocycles. The summed E-state index contributed by atoms with van der Waals surface area (Å²) in [6, 6.07) is 13.5. The lowest BCUT2D eigenvalue weighted by molar-refractivity contribution is 0.182. The Kier molecular flexibility index (Phi) is 4.75. The van der Waals surface area contributed by atoms with E-state index in [1.54, 1.807) is 6.07 Å². The summed E-state index contributed by atoms with van der Waals surface area (Å²) in [5, 5.41) is 12.5. The molecule has 28 heavy (non-hydrogen) atoms. The highest BCUT2D eigenvalue weighted by Crippen LogP contribution is 2.34. The Labute approximate surface area is 165 Å². The summed E-state index contributed by atoms with van der Waals surface area (Å²) in [5.74, 6) is 0.460.